The van der Waals surface area contributed by atoms with Gasteiger partial charge in [-0.2, -0.15) is 0 Å². The Bertz CT molecular complexity index is 2060. The largest absolute Gasteiger partial charge is 0.506 e. The number of carbonyl (C=O) groups excluding carboxylic acids is 9. The molecule has 1 aliphatic heterocycles. The number of phenolic OH excluding ortho intramolecular Hbond substituents is 1. The minimum atomic E-state index is -0.812. The molecule has 0 radical (unpaired) electrons. The van der Waals surface area contributed by atoms with E-state index in [1.807, 2.05) is 32.9 Å². The molecule has 20 heteroatoms. The summed E-state index contributed by atoms with van der Waals surface area (Å²) in [7, 11) is 0. The quantitative estimate of drug-likeness (QED) is 0.0199. The number of benzene rings is 1. The van der Waals surface area contributed by atoms with Crippen molar-refractivity contribution in [3.8, 4) is 5.75 Å². The second-order valence-corrected chi connectivity index (χ2v) is 22.1. The predicted octanol–water partition coefficient (Wildman–Crippen LogP) is 6.62. The summed E-state index contributed by atoms with van der Waals surface area (Å²) in [5, 5.41) is 21.7. The maximum Gasteiger partial charge on any atom is 0.308 e. The summed E-state index contributed by atoms with van der Waals surface area (Å²) < 4.78 is 27.0. The van der Waals surface area contributed by atoms with Crippen molar-refractivity contribution < 1.29 is 71.9 Å². The third-order valence-corrected chi connectivity index (χ3v) is 12.9. The van der Waals surface area contributed by atoms with Crippen LogP contribution in [-0.4, -0.2) is 147 Å². The molecule has 1 aromatic carbocycles. The number of nitrogens with zero attached hydrogens (tertiary/aromatic N) is 1. The van der Waals surface area contributed by atoms with Crippen molar-refractivity contribution in [3.63, 3.8) is 0 Å². The lowest BCUT2D eigenvalue weighted by molar-refractivity contribution is -0.156. The molecule has 20 nitrogen and oxygen atoms in total. The third kappa shape index (κ3) is 33.0. The van der Waals surface area contributed by atoms with Gasteiger partial charge in [0.2, 0.25) is 23.6 Å². The van der Waals surface area contributed by atoms with Crippen LogP contribution in [0.5, 0.6) is 5.75 Å². The zero-order chi connectivity index (χ0) is 57.9. The first kappa shape index (κ1) is 68.5. The fourth-order valence-electron chi connectivity index (χ4n) is 8.08. The molecule has 1 heterocycles. The van der Waals surface area contributed by atoms with E-state index >= 15 is 0 Å². The Labute approximate surface area is 462 Å². The number of ketones is 2. The van der Waals surface area contributed by atoms with Crippen LogP contribution in [0.25, 0.3) is 0 Å². The van der Waals surface area contributed by atoms with Gasteiger partial charge in [-0.1, -0.05) is 40.7 Å². The predicted molar refractivity (Wildman–Crippen MR) is 295 cm³/mol. The topological polar surface area (TPSA) is 271 Å². The van der Waals surface area contributed by atoms with Gasteiger partial charge in [0.15, 0.2) is 5.78 Å². The van der Waals surface area contributed by atoms with Crippen molar-refractivity contribution in [3.05, 3.63) is 35.9 Å². The number of phenols is 1. The summed E-state index contributed by atoms with van der Waals surface area (Å²) in [5.74, 6) is -1.59. The Morgan fingerprint density at radius 3 is 1.86 bits per heavy atom. The van der Waals surface area contributed by atoms with Crippen molar-refractivity contribution in [1.29, 1.82) is 0 Å². The Kier molecular flexibility index (Phi) is 33.5. The summed E-state index contributed by atoms with van der Waals surface area (Å²) in [6.45, 7) is 19.4. The Morgan fingerprint density at radius 2 is 1.19 bits per heavy atom. The van der Waals surface area contributed by atoms with Gasteiger partial charge in [0.25, 0.3) is 11.8 Å². The lowest BCUT2D eigenvalue weighted by atomic mass is 9.76. The smallest absolute Gasteiger partial charge is 0.308 e. The number of unbranched alkanes of at least 4 members (excludes halogenated alkanes) is 2. The highest BCUT2D eigenvalue weighted by Crippen LogP contribution is 2.33. The van der Waals surface area contributed by atoms with E-state index < -0.39 is 29.4 Å². The van der Waals surface area contributed by atoms with Gasteiger partial charge in [-0.05, 0) is 114 Å². The van der Waals surface area contributed by atoms with Crippen LogP contribution in [0.15, 0.2) is 30.4 Å². The van der Waals surface area contributed by atoms with Crippen LogP contribution in [0.4, 0.5) is 5.69 Å². The molecular weight excluding hydrogens is 1010 g/mol. The molecule has 440 valence electrons. The molecule has 0 saturated carbocycles. The van der Waals surface area contributed by atoms with Gasteiger partial charge < -0.3 is 50.1 Å². The zero-order valence-corrected chi connectivity index (χ0v) is 48.0. The van der Waals surface area contributed by atoms with Crippen molar-refractivity contribution in [2.75, 3.05) is 77.8 Å². The lowest BCUT2D eigenvalue weighted by Gasteiger charge is -2.29. The molecule has 0 aromatic heterocycles. The number of carbonyl (C=O) groups is 9. The van der Waals surface area contributed by atoms with Gasteiger partial charge in [0.05, 0.1) is 64.4 Å². The summed E-state index contributed by atoms with van der Waals surface area (Å²) in [6.07, 6.45) is 8.35. The van der Waals surface area contributed by atoms with Crippen LogP contribution in [0.1, 0.15) is 164 Å². The number of imide groups is 1. The summed E-state index contributed by atoms with van der Waals surface area (Å²) >= 11 is 0. The maximum atomic E-state index is 13.5. The van der Waals surface area contributed by atoms with Gasteiger partial charge in [-0.25, -0.2) is 0 Å². The second kappa shape index (κ2) is 38.1. The minimum Gasteiger partial charge on any atom is -0.506 e. The van der Waals surface area contributed by atoms with E-state index in [0.29, 0.717) is 88.8 Å². The molecule has 1 unspecified atom stereocenters. The van der Waals surface area contributed by atoms with Gasteiger partial charge in [0, 0.05) is 83.3 Å². The molecule has 0 aliphatic carbocycles. The SMILES string of the molecule is CC(C[C@@H](C)Cc1ccc(O)c(NC(=O)CCCCC(=O)[C@H](CCCCNC(=O)CCOCCC(=O)NCCOCCC(=O)CCCOCCOCCC(=O)OC(C)(C)C)NC(=O)CCCN2C(=O)C=CC2=O)c1)C(C)(C)C. The third-order valence-electron chi connectivity index (χ3n) is 12.9. The number of ether oxygens (including phenoxy) is 5. The number of hydrogen-bond acceptors (Lipinski definition) is 15. The van der Waals surface area contributed by atoms with Crippen molar-refractivity contribution in [2.24, 2.45) is 17.3 Å². The molecule has 6 amide bonds. The molecule has 3 atom stereocenters. The highest BCUT2D eigenvalue weighted by Gasteiger charge is 2.25. The van der Waals surface area contributed by atoms with E-state index in [0.717, 1.165) is 23.3 Å². The Hall–Kier alpha value is -5.57. The fraction of sp³-hybridized carbons (Fsp3) is 0.707. The lowest BCUT2D eigenvalue weighted by Crippen LogP contribution is -2.41. The molecule has 0 saturated heterocycles. The number of nitrogens with one attached hydrogen (secondary N) is 4. The fourth-order valence-corrected chi connectivity index (χ4v) is 8.08. The first-order chi connectivity index (χ1) is 36.9. The number of anilines is 1. The minimum absolute atomic E-state index is 0.00678. The second-order valence-electron chi connectivity index (χ2n) is 22.1. The van der Waals surface area contributed by atoms with E-state index in [1.165, 1.54) is 12.2 Å². The van der Waals surface area contributed by atoms with Crippen molar-refractivity contribution in [2.45, 2.75) is 176 Å². The number of hydrogen-bond donors (Lipinski definition) is 5. The highest BCUT2D eigenvalue weighted by atomic mass is 16.6. The summed E-state index contributed by atoms with van der Waals surface area (Å²) in [5.41, 5.74) is 1.04. The molecule has 0 spiro atoms. The Morgan fingerprint density at radius 1 is 0.603 bits per heavy atom. The average Bonchev–Trinajstić information content (AvgIpc) is 3.68. The van der Waals surface area contributed by atoms with Crippen LogP contribution in [-0.2, 0) is 73.3 Å². The number of esters is 1. The van der Waals surface area contributed by atoms with Crippen LogP contribution < -0.4 is 21.3 Å². The first-order valence-corrected chi connectivity index (χ1v) is 28.0. The monoisotopic (exact) mass is 1100 g/mol. The number of Topliss-reactive ketones (excluding diaryl/α,β-unsaturated/α-hetero) is 2. The van der Waals surface area contributed by atoms with E-state index in [4.69, 9.17) is 23.7 Å². The Balaban J connectivity index is 1.62. The van der Waals surface area contributed by atoms with Crippen LogP contribution in [0.2, 0.25) is 0 Å². The molecule has 78 heavy (non-hydrogen) atoms. The number of rotatable bonds is 43. The molecule has 5 N–H and O–H groups in total. The van der Waals surface area contributed by atoms with E-state index in [1.54, 1.807) is 6.07 Å². The normalized spacial score (nSPS) is 13.7. The van der Waals surface area contributed by atoms with Gasteiger partial charge in [-0.15, -0.1) is 0 Å². The zero-order valence-electron chi connectivity index (χ0n) is 48.0. The number of amides is 6. The van der Waals surface area contributed by atoms with Crippen molar-refractivity contribution >= 4 is 58.7 Å². The molecular formula is C58H93N5O15. The standard InChI is InChI=1S/C58H93N5O15/c1-42(39-43(2)57(3,4)5)40-44-20-21-49(66)47(41-44)62-52(69)18-10-9-17-48(65)46(61-53(70)19-13-30-63-54(71)22-23-55(63)72)16-11-12-28-59-50(67)25-33-75-34-26-51(68)60-29-36-76-32-24-45(64)15-14-31-74-37-38-77-35-27-56(73)78-58(6,7)8/h20-23,41-43,46,66H,9-19,24-40H2,1-8H3,(H,59,67)(H,60,68)(H,61,70)(H,62,69)/t42-,43?,46+/m1/s1. The summed E-state index contributed by atoms with van der Waals surface area (Å²) in [4.78, 5) is 113. The van der Waals surface area contributed by atoms with Crippen molar-refractivity contribution in [1.82, 2.24) is 20.9 Å². The van der Waals surface area contributed by atoms with E-state index in [2.05, 4.69) is 55.9 Å². The van der Waals surface area contributed by atoms with Crippen LogP contribution in [0, 0.1) is 17.3 Å². The van der Waals surface area contributed by atoms with Crippen LogP contribution >= 0.6 is 0 Å². The van der Waals surface area contributed by atoms with E-state index in [-0.39, 0.29) is 144 Å². The number of aromatic hydroxyl groups is 1. The van der Waals surface area contributed by atoms with Gasteiger partial charge in [-0.3, -0.25) is 48.1 Å². The van der Waals surface area contributed by atoms with Gasteiger partial charge in [0.1, 0.15) is 17.1 Å². The average molecular weight is 1100 g/mol. The first-order valence-electron chi connectivity index (χ1n) is 28.0. The molecule has 2 rings (SSSR count). The van der Waals surface area contributed by atoms with Gasteiger partial charge >= 0.3 is 5.97 Å². The van der Waals surface area contributed by atoms with Crippen LogP contribution in [0.3, 0.4) is 0 Å². The molecule has 1 aromatic rings. The maximum absolute atomic E-state index is 13.5. The molecule has 1 aliphatic rings. The van der Waals surface area contributed by atoms with E-state index in [9.17, 15) is 48.3 Å². The highest BCUT2D eigenvalue weighted by molar-refractivity contribution is 6.12. The molecule has 0 bridgehead atoms. The molecule has 0 fully saturated rings. The summed E-state index contributed by atoms with van der Waals surface area (Å²) in [6, 6.07) is 4.46.